The average molecular weight is 244 g/mol. The van der Waals surface area contributed by atoms with Crippen molar-refractivity contribution < 1.29 is 0 Å². The van der Waals surface area contributed by atoms with Crippen molar-refractivity contribution in [2.24, 2.45) is 0 Å². The van der Waals surface area contributed by atoms with Crippen LogP contribution in [0.3, 0.4) is 0 Å². The molecular formula is C12H12N4S. The molecular weight excluding hydrogens is 232 g/mol. The zero-order valence-corrected chi connectivity index (χ0v) is 10.1. The lowest BCUT2D eigenvalue weighted by atomic mass is 9.97. The van der Waals surface area contributed by atoms with Gasteiger partial charge >= 0.3 is 0 Å². The Bertz CT molecular complexity index is 591. The topological polar surface area (TPSA) is 54.5 Å². The van der Waals surface area contributed by atoms with Gasteiger partial charge in [0.05, 0.1) is 6.20 Å². The molecule has 2 aromatic heterocycles. The molecule has 86 valence electrons. The van der Waals surface area contributed by atoms with E-state index in [9.17, 15) is 0 Å². The third kappa shape index (κ3) is 1.98. The van der Waals surface area contributed by atoms with Crippen molar-refractivity contribution in [3.05, 3.63) is 34.5 Å². The zero-order valence-electron chi connectivity index (χ0n) is 9.31. The molecule has 4 nitrogen and oxygen atoms in total. The van der Waals surface area contributed by atoms with E-state index in [1.54, 1.807) is 18.6 Å². The van der Waals surface area contributed by atoms with Crippen LogP contribution < -0.4 is 0 Å². The maximum atomic E-state index is 5.35. The molecule has 2 aromatic rings. The van der Waals surface area contributed by atoms with Gasteiger partial charge in [-0.15, -0.1) is 0 Å². The average Bonchev–Trinajstić information content (AvgIpc) is 2.40. The van der Waals surface area contributed by atoms with Crippen LogP contribution in [-0.4, -0.2) is 19.9 Å². The summed E-state index contributed by atoms with van der Waals surface area (Å²) in [7, 11) is 0. The number of nitrogens with one attached hydrogen (secondary N) is 1. The Morgan fingerprint density at radius 2 is 2.06 bits per heavy atom. The molecule has 17 heavy (non-hydrogen) atoms. The standard InChI is InChI=1S/C12H12N4S/c17-12-8-3-1-2-4-9(8)15-11(16-12)10-7-13-5-6-14-10/h5-7H,1-4H2,(H,15,16,17). The van der Waals surface area contributed by atoms with Crippen molar-refractivity contribution >= 4 is 12.2 Å². The van der Waals surface area contributed by atoms with Crippen molar-refractivity contribution in [3.8, 4) is 11.5 Å². The van der Waals surface area contributed by atoms with Gasteiger partial charge in [0.2, 0.25) is 0 Å². The summed E-state index contributed by atoms with van der Waals surface area (Å²) in [5.41, 5.74) is 3.17. The summed E-state index contributed by atoms with van der Waals surface area (Å²) in [4.78, 5) is 16.0. The lowest BCUT2D eigenvalue weighted by Crippen LogP contribution is -2.09. The Balaban J connectivity index is 2.14. The van der Waals surface area contributed by atoms with E-state index in [4.69, 9.17) is 12.2 Å². The minimum atomic E-state index is 0.708. The van der Waals surface area contributed by atoms with E-state index in [1.165, 1.54) is 24.1 Å². The van der Waals surface area contributed by atoms with Crippen molar-refractivity contribution in [1.82, 2.24) is 19.9 Å². The van der Waals surface area contributed by atoms with E-state index in [2.05, 4.69) is 19.9 Å². The molecule has 5 heteroatoms. The molecule has 1 aliphatic carbocycles. The third-order valence-corrected chi connectivity index (χ3v) is 3.35. The number of aryl methyl sites for hydroxylation is 1. The first-order valence-corrected chi connectivity index (χ1v) is 6.14. The van der Waals surface area contributed by atoms with Gasteiger partial charge in [-0.1, -0.05) is 12.2 Å². The van der Waals surface area contributed by atoms with E-state index in [0.29, 0.717) is 4.64 Å². The van der Waals surface area contributed by atoms with Gasteiger partial charge in [0.15, 0.2) is 5.82 Å². The maximum Gasteiger partial charge on any atom is 0.159 e. The van der Waals surface area contributed by atoms with Gasteiger partial charge in [0.1, 0.15) is 10.3 Å². The fourth-order valence-corrected chi connectivity index (χ4v) is 2.48. The Labute approximate surface area is 104 Å². The SMILES string of the molecule is S=c1nc(-c2cnccn2)[nH]c2c1CCCC2. The summed E-state index contributed by atoms with van der Waals surface area (Å²) in [6, 6.07) is 0. The number of H-pyrrole nitrogens is 1. The molecule has 0 aliphatic heterocycles. The van der Waals surface area contributed by atoms with E-state index in [-0.39, 0.29) is 0 Å². The highest BCUT2D eigenvalue weighted by Gasteiger charge is 2.14. The summed E-state index contributed by atoms with van der Waals surface area (Å²) < 4.78 is 0.708. The normalized spacial score (nSPS) is 14.4. The van der Waals surface area contributed by atoms with Crippen LogP contribution in [0.25, 0.3) is 11.5 Å². The first-order valence-electron chi connectivity index (χ1n) is 5.73. The van der Waals surface area contributed by atoms with Crippen LogP contribution in [0.15, 0.2) is 18.6 Å². The second-order valence-electron chi connectivity index (χ2n) is 4.15. The summed E-state index contributed by atoms with van der Waals surface area (Å²) in [5, 5.41) is 0. The van der Waals surface area contributed by atoms with Gasteiger partial charge in [0, 0.05) is 23.7 Å². The molecule has 0 unspecified atom stereocenters. The number of aromatic nitrogens is 4. The summed E-state index contributed by atoms with van der Waals surface area (Å²) in [6.07, 6.45) is 9.51. The fourth-order valence-electron chi connectivity index (χ4n) is 2.16. The molecule has 0 atom stereocenters. The monoisotopic (exact) mass is 244 g/mol. The molecule has 0 amide bonds. The number of rotatable bonds is 1. The lowest BCUT2D eigenvalue weighted by molar-refractivity contribution is 0.661. The minimum absolute atomic E-state index is 0.708. The summed E-state index contributed by atoms with van der Waals surface area (Å²) in [6.45, 7) is 0. The molecule has 1 aliphatic rings. The van der Waals surface area contributed by atoms with Gasteiger partial charge in [-0.25, -0.2) is 9.97 Å². The number of aromatic amines is 1. The smallest absolute Gasteiger partial charge is 0.159 e. The van der Waals surface area contributed by atoms with Gasteiger partial charge in [0.25, 0.3) is 0 Å². The number of fused-ring (bicyclic) bond motifs is 1. The first kappa shape index (κ1) is 10.5. The predicted octanol–water partition coefficient (Wildman–Crippen LogP) is 2.47. The quantitative estimate of drug-likeness (QED) is 0.783. The number of hydrogen-bond acceptors (Lipinski definition) is 4. The molecule has 0 radical (unpaired) electrons. The Morgan fingerprint density at radius 3 is 2.88 bits per heavy atom. The van der Waals surface area contributed by atoms with Gasteiger partial charge in [-0.05, 0) is 25.7 Å². The number of nitrogens with zero attached hydrogens (tertiary/aromatic N) is 3. The second-order valence-corrected chi connectivity index (χ2v) is 4.53. The van der Waals surface area contributed by atoms with Crippen LogP contribution in [0.1, 0.15) is 24.1 Å². The third-order valence-electron chi connectivity index (χ3n) is 3.01. The highest BCUT2D eigenvalue weighted by molar-refractivity contribution is 7.71. The maximum absolute atomic E-state index is 5.35. The molecule has 0 bridgehead atoms. The fraction of sp³-hybridized carbons (Fsp3) is 0.333. The van der Waals surface area contributed by atoms with E-state index in [1.807, 2.05) is 0 Å². The van der Waals surface area contributed by atoms with Crippen LogP contribution in [-0.2, 0) is 12.8 Å². The van der Waals surface area contributed by atoms with Crippen LogP contribution in [0.4, 0.5) is 0 Å². The van der Waals surface area contributed by atoms with E-state index in [0.717, 1.165) is 24.4 Å². The Morgan fingerprint density at radius 1 is 1.18 bits per heavy atom. The molecule has 1 N–H and O–H groups in total. The van der Waals surface area contributed by atoms with E-state index >= 15 is 0 Å². The van der Waals surface area contributed by atoms with Gasteiger partial charge in [-0.2, -0.15) is 0 Å². The van der Waals surface area contributed by atoms with E-state index < -0.39 is 0 Å². The van der Waals surface area contributed by atoms with Crippen molar-refractivity contribution in [3.63, 3.8) is 0 Å². The highest BCUT2D eigenvalue weighted by atomic mass is 32.1. The van der Waals surface area contributed by atoms with Crippen LogP contribution in [0, 0.1) is 4.64 Å². The van der Waals surface area contributed by atoms with Crippen LogP contribution in [0.2, 0.25) is 0 Å². The molecule has 0 saturated carbocycles. The van der Waals surface area contributed by atoms with Crippen LogP contribution >= 0.6 is 12.2 Å². The minimum Gasteiger partial charge on any atom is -0.342 e. The number of hydrogen-bond donors (Lipinski definition) is 1. The van der Waals surface area contributed by atoms with Crippen molar-refractivity contribution in [2.45, 2.75) is 25.7 Å². The molecule has 0 spiro atoms. The molecule has 0 aromatic carbocycles. The Kier molecular flexibility index (Phi) is 2.68. The first-order chi connectivity index (χ1) is 8.34. The molecule has 2 heterocycles. The summed E-state index contributed by atoms with van der Waals surface area (Å²) >= 11 is 5.35. The molecule has 0 saturated heterocycles. The lowest BCUT2D eigenvalue weighted by Gasteiger charge is -2.16. The van der Waals surface area contributed by atoms with Gasteiger partial charge in [-0.3, -0.25) is 4.98 Å². The van der Waals surface area contributed by atoms with Crippen molar-refractivity contribution in [2.75, 3.05) is 0 Å². The van der Waals surface area contributed by atoms with Gasteiger partial charge < -0.3 is 4.98 Å². The predicted molar refractivity (Wildman–Crippen MR) is 67.1 cm³/mol. The van der Waals surface area contributed by atoms with Crippen molar-refractivity contribution in [1.29, 1.82) is 0 Å². The molecule has 0 fully saturated rings. The molecule has 3 rings (SSSR count). The summed E-state index contributed by atoms with van der Waals surface area (Å²) in [5.74, 6) is 0.726. The Hall–Kier alpha value is -1.62. The van der Waals surface area contributed by atoms with Crippen LogP contribution in [0.5, 0.6) is 0 Å². The highest BCUT2D eigenvalue weighted by Crippen LogP contribution is 2.22. The second kappa shape index (κ2) is 4.33. The largest absolute Gasteiger partial charge is 0.342 e. The zero-order chi connectivity index (χ0) is 11.7.